The summed E-state index contributed by atoms with van der Waals surface area (Å²) in [5, 5.41) is 18.5. The summed E-state index contributed by atoms with van der Waals surface area (Å²) in [6.07, 6.45) is 1.34. The summed E-state index contributed by atoms with van der Waals surface area (Å²) in [7, 11) is 0. The molecule has 0 bridgehead atoms. The second-order valence-corrected chi connectivity index (χ2v) is 9.11. The van der Waals surface area contributed by atoms with Gasteiger partial charge in [-0.1, -0.05) is 41.9 Å². The van der Waals surface area contributed by atoms with Crippen LogP contribution in [0.15, 0.2) is 47.6 Å². The van der Waals surface area contributed by atoms with E-state index in [1.165, 1.54) is 18.7 Å². The van der Waals surface area contributed by atoms with Crippen LogP contribution in [0.1, 0.15) is 52.3 Å². The molecule has 3 aromatic rings. The normalized spacial score (nSPS) is 14.3. The first kappa shape index (κ1) is 24.8. The summed E-state index contributed by atoms with van der Waals surface area (Å²) in [5.41, 5.74) is 2.37. The molecule has 2 heterocycles. The predicted octanol–water partition coefficient (Wildman–Crippen LogP) is 4.11. The van der Waals surface area contributed by atoms with Gasteiger partial charge in [0.25, 0.3) is 17.0 Å². The van der Waals surface area contributed by atoms with Crippen LogP contribution < -0.4 is 24.2 Å². The lowest BCUT2D eigenvalue weighted by atomic mass is 10.0. The van der Waals surface area contributed by atoms with Crippen molar-refractivity contribution in [3.8, 4) is 28.6 Å². The maximum absolute atomic E-state index is 13.3. The highest BCUT2D eigenvalue weighted by Gasteiger charge is 2.44. The van der Waals surface area contributed by atoms with Crippen molar-refractivity contribution in [2.45, 2.75) is 51.9 Å². The molecule has 8 nitrogen and oxygen atoms in total. The van der Waals surface area contributed by atoms with Crippen LogP contribution in [0.4, 0.5) is 5.69 Å². The lowest BCUT2D eigenvalue weighted by molar-refractivity contribution is -0.764. The van der Waals surface area contributed by atoms with Crippen LogP contribution in [0, 0.1) is 0 Å². The van der Waals surface area contributed by atoms with E-state index in [0.29, 0.717) is 46.8 Å². The summed E-state index contributed by atoms with van der Waals surface area (Å²) in [4.78, 5) is 19.0. The van der Waals surface area contributed by atoms with Crippen molar-refractivity contribution >= 4 is 23.4 Å². The van der Waals surface area contributed by atoms with E-state index in [0.717, 1.165) is 24.2 Å². The third-order valence-electron chi connectivity index (χ3n) is 5.65. The van der Waals surface area contributed by atoms with E-state index in [1.807, 2.05) is 56.3 Å². The molecule has 1 atom stereocenters. The minimum atomic E-state index is -0.687. The molecule has 1 amide bonds. The fraction of sp³-hybridized carbons (Fsp3) is 0.385. The zero-order valence-corrected chi connectivity index (χ0v) is 21.3. The van der Waals surface area contributed by atoms with Gasteiger partial charge in [0.2, 0.25) is 5.91 Å². The SMILES string of the molecule is CCCCSc1nc([O-])c2[n+](n1)C(c1ccc(OCC)c(OCC)c1)N(C(C)=O)c1ccccc1-2. The maximum atomic E-state index is 13.3. The number of amides is 1. The van der Waals surface area contributed by atoms with Crippen molar-refractivity contribution < 1.29 is 24.1 Å². The number of hydrogen-bond acceptors (Lipinski definition) is 7. The Labute approximate surface area is 209 Å². The molecule has 4 rings (SSSR count). The zero-order valence-electron chi connectivity index (χ0n) is 20.5. The van der Waals surface area contributed by atoms with Gasteiger partial charge in [-0.15, -0.1) is 0 Å². The smallest absolute Gasteiger partial charge is 0.293 e. The number of nitrogens with zero attached hydrogens (tertiary/aromatic N) is 4. The number of hydrogen-bond donors (Lipinski definition) is 0. The molecular weight excluding hydrogens is 464 g/mol. The predicted molar refractivity (Wildman–Crippen MR) is 133 cm³/mol. The monoisotopic (exact) mass is 494 g/mol. The lowest BCUT2D eigenvalue weighted by Crippen LogP contribution is -2.58. The van der Waals surface area contributed by atoms with Gasteiger partial charge in [-0.2, -0.15) is 0 Å². The molecule has 9 heteroatoms. The summed E-state index contributed by atoms with van der Waals surface area (Å²) >= 11 is 1.45. The summed E-state index contributed by atoms with van der Waals surface area (Å²) < 4.78 is 13.2. The molecule has 0 N–H and O–H groups in total. The van der Waals surface area contributed by atoms with E-state index in [1.54, 1.807) is 9.58 Å². The van der Waals surface area contributed by atoms with Gasteiger partial charge >= 0.3 is 0 Å². The van der Waals surface area contributed by atoms with Gasteiger partial charge in [-0.3, -0.25) is 4.79 Å². The highest BCUT2D eigenvalue weighted by molar-refractivity contribution is 7.99. The Hall–Kier alpha value is -3.33. The first-order valence-corrected chi connectivity index (χ1v) is 12.9. The van der Waals surface area contributed by atoms with Crippen LogP contribution in [-0.2, 0) is 4.79 Å². The molecule has 184 valence electrons. The third kappa shape index (κ3) is 4.91. The van der Waals surface area contributed by atoms with Gasteiger partial charge in [0.05, 0.1) is 30.3 Å². The van der Waals surface area contributed by atoms with E-state index in [9.17, 15) is 9.90 Å². The van der Waals surface area contributed by atoms with Crippen molar-refractivity contribution in [2.24, 2.45) is 0 Å². The molecule has 2 aromatic carbocycles. The number of ether oxygens (including phenoxy) is 2. The number of anilines is 1. The highest BCUT2D eigenvalue weighted by Crippen LogP contribution is 2.42. The highest BCUT2D eigenvalue weighted by atomic mass is 32.2. The summed E-state index contributed by atoms with van der Waals surface area (Å²) in [6, 6.07) is 12.9. The second-order valence-electron chi connectivity index (χ2n) is 8.05. The van der Waals surface area contributed by atoms with E-state index >= 15 is 0 Å². The van der Waals surface area contributed by atoms with Gasteiger partial charge in [-0.25, -0.2) is 9.88 Å². The van der Waals surface area contributed by atoms with Crippen LogP contribution >= 0.6 is 11.8 Å². The maximum Gasteiger partial charge on any atom is 0.293 e. The van der Waals surface area contributed by atoms with Crippen molar-refractivity contribution in [3.05, 3.63) is 48.0 Å². The van der Waals surface area contributed by atoms with E-state index in [4.69, 9.17) is 14.6 Å². The number of rotatable bonds is 9. The van der Waals surface area contributed by atoms with Gasteiger partial charge in [-0.05, 0) is 50.6 Å². The van der Waals surface area contributed by atoms with E-state index in [-0.39, 0.29) is 11.8 Å². The molecule has 0 aliphatic carbocycles. The fourth-order valence-corrected chi connectivity index (χ4v) is 5.08. The molecular formula is C26H30N4O4S. The molecule has 0 radical (unpaired) electrons. The molecule has 1 aromatic heterocycles. The van der Waals surface area contributed by atoms with E-state index in [2.05, 4.69) is 11.9 Å². The number of benzene rings is 2. The molecule has 1 aliphatic heterocycles. The number of carbonyl (C=O) groups is 1. The average molecular weight is 495 g/mol. The van der Waals surface area contributed by atoms with Crippen LogP contribution in [0.25, 0.3) is 11.3 Å². The fourth-order valence-electron chi connectivity index (χ4n) is 4.17. The number of para-hydroxylation sites is 1. The minimum absolute atomic E-state index is 0.168. The standard InChI is InChI=1S/C26H30N4O4S/c1-5-8-15-35-26-27-24(32)23-19-11-9-10-12-20(19)29(17(4)31)25(30(23)28-26)18-13-14-21(33-6-2)22(16-18)34-7-3/h9-14,16,25H,5-8,15H2,1-4H3. The number of fused-ring (bicyclic) bond motifs is 3. The van der Waals surface area contributed by atoms with E-state index < -0.39 is 6.17 Å². The number of aromatic nitrogens is 3. The van der Waals surface area contributed by atoms with Gasteiger partial charge in [0.15, 0.2) is 11.5 Å². The molecule has 1 aliphatic rings. The van der Waals surface area contributed by atoms with Crippen molar-refractivity contribution in [1.82, 2.24) is 10.1 Å². The van der Waals surface area contributed by atoms with Crippen LogP contribution in [0.2, 0.25) is 0 Å². The Bertz CT molecular complexity index is 1220. The van der Waals surface area contributed by atoms with Gasteiger partial charge < -0.3 is 14.6 Å². The summed E-state index contributed by atoms with van der Waals surface area (Å²) in [5.74, 6) is 1.47. The number of thioether (sulfide) groups is 1. The number of carbonyl (C=O) groups excluding carboxylic acids is 1. The molecule has 0 spiro atoms. The largest absolute Gasteiger partial charge is 0.854 e. The molecule has 0 saturated heterocycles. The van der Waals surface area contributed by atoms with Crippen LogP contribution in [0.5, 0.6) is 17.4 Å². The third-order valence-corrected chi connectivity index (χ3v) is 6.57. The molecule has 0 saturated carbocycles. The Morgan fingerprint density at radius 1 is 1.11 bits per heavy atom. The van der Waals surface area contributed by atoms with Crippen molar-refractivity contribution in [1.29, 1.82) is 0 Å². The molecule has 35 heavy (non-hydrogen) atoms. The van der Waals surface area contributed by atoms with Crippen LogP contribution in [0.3, 0.4) is 0 Å². The summed E-state index contributed by atoms with van der Waals surface area (Å²) in [6.45, 7) is 8.41. The quantitative estimate of drug-likeness (QED) is 0.251. The Kier molecular flexibility index (Phi) is 7.75. The molecule has 1 unspecified atom stereocenters. The Morgan fingerprint density at radius 2 is 1.86 bits per heavy atom. The Balaban J connectivity index is 1.94. The average Bonchev–Trinajstić information content (AvgIpc) is 2.84. The van der Waals surface area contributed by atoms with Gasteiger partial charge in [0.1, 0.15) is 0 Å². The topological polar surface area (TPSA) is 91.5 Å². The van der Waals surface area contributed by atoms with Gasteiger partial charge in [0, 0.05) is 23.3 Å². The van der Waals surface area contributed by atoms with Crippen molar-refractivity contribution in [2.75, 3.05) is 23.9 Å². The van der Waals surface area contributed by atoms with Crippen molar-refractivity contribution in [3.63, 3.8) is 0 Å². The number of unbranched alkanes of at least 4 members (excludes halogenated alkanes) is 1. The molecule has 0 fully saturated rings. The minimum Gasteiger partial charge on any atom is -0.854 e. The first-order valence-electron chi connectivity index (χ1n) is 11.9. The van der Waals surface area contributed by atoms with Crippen LogP contribution in [-0.4, -0.2) is 35.0 Å². The lowest BCUT2D eigenvalue weighted by Gasteiger charge is -2.33. The first-order chi connectivity index (χ1) is 17.0. The second kappa shape index (κ2) is 10.9. The Morgan fingerprint density at radius 3 is 2.57 bits per heavy atom. The zero-order chi connectivity index (χ0) is 24.9.